The highest BCUT2D eigenvalue weighted by molar-refractivity contribution is 14.1. The van der Waals surface area contributed by atoms with Gasteiger partial charge in [0.25, 0.3) is 5.91 Å². The maximum Gasteiger partial charge on any atom is 0.339 e. The molecule has 0 saturated heterocycles. The SMILES string of the molecule is CCOc1ccc(C(=O)N/N=C/c2cc(I)c(OS(=O)(=O)c3ccccc3)c(OC)c2)cc1OCC. The van der Waals surface area contributed by atoms with Crippen molar-refractivity contribution in [3.63, 3.8) is 0 Å². The highest BCUT2D eigenvalue weighted by Gasteiger charge is 2.21. The fourth-order valence-corrected chi connectivity index (χ4v) is 4.93. The van der Waals surface area contributed by atoms with Crippen LogP contribution in [0.5, 0.6) is 23.0 Å². The van der Waals surface area contributed by atoms with Crippen molar-refractivity contribution in [3.8, 4) is 23.0 Å². The Morgan fingerprint density at radius 2 is 1.67 bits per heavy atom. The summed E-state index contributed by atoms with van der Waals surface area (Å²) in [5.74, 6) is 0.836. The van der Waals surface area contributed by atoms with Gasteiger partial charge in [-0.1, -0.05) is 18.2 Å². The van der Waals surface area contributed by atoms with Gasteiger partial charge in [-0.3, -0.25) is 4.79 Å². The molecule has 0 bridgehead atoms. The van der Waals surface area contributed by atoms with Gasteiger partial charge in [0.1, 0.15) is 4.90 Å². The number of amides is 1. The molecule has 0 saturated carbocycles. The van der Waals surface area contributed by atoms with Crippen LogP contribution in [0.1, 0.15) is 29.8 Å². The van der Waals surface area contributed by atoms with Gasteiger partial charge in [0.2, 0.25) is 0 Å². The third-order valence-electron chi connectivity index (χ3n) is 4.66. The molecule has 36 heavy (non-hydrogen) atoms. The Morgan fingerprint density at radius 1 is 0.972 bits per heavy atom. The van der Waals surface area contributed by atoms with Gasteiger partial charge in [-0.05, 0) is 84.5 Å². The van der Waals surface area contributed by atoms with E-state index in [2.05, 4.69) is 10.5 Å². The molecule has 0 unspecified atom stereocenters. The van der Waals surface area contributed by atoms with Gasteiger partial charge >= 0.3 is 10.1 Å². The van der Waals surface area contributed by atoms with Gasteiger partial charge in [0, 0.05) is 5.56 Å². The van der Waals surface area contributed by atoms with Crippen LogP contribution >= 0.6 is 22.6 Å². The van der Waals surface area contributed by atoms with Crippen LogP contribution in [-0.2, 0) is 10.1 Å². The molecular formula is C25H25IN2O7S. The Labute approximate surface area is 223 Å². The zero-order valence-corrected chi connectivity index (χ0v) is 22.8. The molecule has 9 nitrogen and oxygen atoms in total. The number of carbonyl (C=O) groups is 1. The molecule has 3 aromatic rings. The third-order valence-corrected chi connectivity index (χ3v) is 6.70. The normalized spacial score (nSPS) is 11.2. The summed E-state index contributed by atoms with van der Waals surface area (Å²) < 4.78 is 47.5. The molecule has 0 aliphatic heterocycles. The van der Waals surface area contributed by atoms with Crippen LogP contribution in [0.15, 0.2) is 70.7 Å². The van der Waals surface area contributed by atoms with Crippen molar-refractivity contribution < 1.29 is 31.6 Å². The lowest BCUT2D eigenvalue weighted by atomic mass is 10.2. The predicted octanol–water partition coefficient (Wildman–Crippen LogP) is 4.63. The van der Waals surface area contributed by atoms with E-state index in [0.717, 1.165) is 0 Å². The van der Waals surface area contributed by atoms with Crippen molar-refractivity contribution in [1.82, 2.24) is 5.43 Å². The first-order valence-corrected chi connectivity index (χ1v) is 13.4. The maximum absolute atomic E-state index is 12.6. The van der Waals surface area contributed by atoms with Gasteiger partial charge < -0.3 is 18.4 Å². The first-order chi connectivity index (χ1) is 17.3. The number of methoxy groups -OCH3 is 1. The summed E-state index contributed by atoms with van der Waals surface area (Å²) in [4.78, 5) is 12.6. The van der Waals surface area contributed by atoms with E-state index in [1.54, 1.807) is 48.5 Å². The molecule has 1 amide bonds. The summed E-state index contributed by atoms with van der Waals surface area (Å²) in [5.41, 5.74) is 3.37. The van der Waals surface area contributed by atoms with Crippen LogP contribution < -0.4 is 23.8 Å². The Morgan fingerprint density at radius 3 is 2.33 bits per heavy atom. The van der Waals surface area contributed by atoms with Crippen LogP contribution in [-0.4, -0.2) is 40.9 Å². The van der Waals surface area contributed by atoms with Gasteiger partial charge in [-0.15, -0.1) is 0 Å². The highest BCUT2D eigenvalue weighted by atomic mass is 127. The van der Waals surface area contributed by atoms with E-state index in [1.165, 1.54) is 25.5 Å². The van der Waals surface area contributed by atoms with E-state index >= 15 is 0 Å². The van der Waals surface area contributed by atoms with E-state index < -0.39 is 16.0 Å². The second-order valence-electron chi connectivity index (χ2n) is 7.11. The van der Waals surface area contributed by atoms with Crippen LogP contribution in [0, 0.1) is 3.57 Å². The molecular weight excluding hydrogens is 599 g/mol. The minimum Gasteiger partial charge on any atom is -0.493 e. The molecule has 11 heteroatoms. The number of hydrogen-bond donors (Lipinski definition) is 1. The molecule has 3 aromatic carbocycles. The lowest BCUT2D eigenvalue weighted by Crippen LogP contribution is -2.18. The number of carbonyl (C=O) groups excluding carboxylic acids is 1. The zero-order valence-electron chi connectivity index (χ0n) is 19.9. The van der Waals surface area contributed by atoms with Crippen LogP contribution in [0.4, 0.5) is 0 Å². The van der Waals surface area contributed by atoms with Crippen molar-refractivity contribution in [2.24, 2.45) is 5.10 Å². The first-order valence-electron chi connectivity index (χ1n) is 10.9. The number of hydrazone groups is 1. The molecule has 0 aliphatic rings. The van der Waals surface area contributed by atoms with Crippen molar-refractivity contribution in [2.45, 2.75) is 18.7 Å². The van der Waals surface area contributed by atoms with Crippen LogP contribution in [0.2, 0.25) is 0 Å². The molecule has 0 spiro atoms. The largest absolute Gasteiger partial charge is 0.493 e. The number of rotatable bonds is 11. The number of nitrogens with one attached hydrogen (secondary N) is 1. The second kappa shape index (κ2) is 12.6. The zero-order chi connectivity index (χ0) is 26.1. The van der Waals surface area contributed by atoms with E-state index in [4.69, 9.17) is 18.4 Å². The molecule has 0 radical (unpaired) electrons. The Hall–Kier alpha value is -3.32. The molecule has 3 rings (SSSR count). The van der Waals surface area contributed by atoms with Gasteiger partial charge in [0.15, 0.2) is 23.0 Å². The average molecular weight is 624 g/mol. The van der Waals surface area contributed by atoms with Crippen LogP contribution in [0.3, 0.4) is 0 Å². The van der Waals surface area contributed by atoms with E-state index in [-0.39, 0.29) is 16.4 Å². The minimum absolute atomic E-state index is 0.0259. The fourth-order valence-electron chi connectivity index (χ4n) is 3.06. The van der Waals surface area contributed by atoms with Crippen molar-refractivity contribution in [1.29, 1.82) is 0 Å². The summed E-state index contributed by atoms with van der Waals surface area (Å²) in [6.07, 6.45) is 1.41. The summed E-state index contributed by atoms with van der Waals surface area (Å²) in [7, 11) is -2.65. The second-order valence-corrected chi connectivity index (χ2v) is 9.82. The summed E-state index contributed by atoms with van der Waals surface area (Å²) >= 11 is 1.95. The average Bonchev–Trinajstić information content (AvgIpc) is 2.87. The molecule has 0 fully saturated rings. The van der Waals surface area contributed by atoms with E-state index in [0.29, 0.717) is 39.4 Å². The lowest BCUT2D eigenvalue weighted by molar-refractivity contribution is 0.0954. The molecule has 0 atom stereocenters. The van der Waals surface area contributed by atoms with E-state index in [1.807, 2.05) is 36.4 Å². The predicted molar refractivity (Wildman–Crippen MR) is 144 cm³/mol. The number of hydrogen-bond acceptors (Lipinski definition) is 8. The molecule has 1 N–H and O–H groups in total. The summed E-state index contributed by atoms with van der Waals surface area (Å²) in [6.45, 7) is 4.61. The number of nitrogens with zero attached hydrogens (tertiary/aromatic N) is 1. The third kappa shape index (κ3) is 6.88. The molecule has 0 aromatic heterocycles. The Bertz CT molecular complexity index is 1350. The number of halogens is 1. The topological polar surface area (TPSA) is 113 Å². The number of benzene rings is 3. The Balaban J connectivity index is 1.76. The molecule has 190 valence electrons. The monoisotopic (exact) mass is 624 g/mol. The standard InChI is InChI=1S/C25H25IN2O7S/c1-4-33-21-12-11-18(15-22(21)34-5-2)25(29)28-27-16-17-13-20(26)24(23(14-17)32-3)35-36(30,31)19-9-7-6-8-10-19/h6-16H,4-5H2,1-3H3,(H,28,29)/b27-16+. The molecule has 0 heterocycles. The number of ether oxygens (including phenoxy) is 3. The lowest BCUT2D eigenvalue weighted by Gasteiger charge is -2.13. The summed E-state index contributed by atoms with van der Waals surface area (Å²) in [5, 5.41) is 4.01. The quantitative estimate of drug-likeness (QED) is 0.143. The first kappa shape index (κ1) is 27.3. The minimum atomic E-state index is -4.05. The fraction of sp³-hybridized carbons (Fsp3) is 0.200. The van der Waals surface area contributed by atoms with Crippen molar-refractivity contribution in [3.05, 3.63) is 75.4 Å². The summed E-state index contributed by atoms with van der Waals surface area (Å²) in [6, 6.07) is 15.9. The highest BCUT2D eigenvalue weighted by Crippen LogP contribution is 2.35. The van der Waals surface area contributed by atoms with Gasteiger partial charge in [-0.25, -0.2) is 5.43 Å². The molecule has 0 aliphatic carbocycles. The van der Waals surface area contributed by atoms with Crippen molar-refractivity contribution in [2.75, 3.05) is 20.3 Å². The van der Waals surface area contributed by atoms with E-state index in [9.17, 15) is 13.2 Å². The Kier molecular flexibility index (Phi) is 9.53. The van der Waals surface area contributed by atoms with Crippen molar-refractivity contribution >= 4 is 44.8 Å². The van der Waals surface area contributed by atoms with Gasteiger partial charge in [-0.2, -0.15) is 13.5 Å². The maximum atomic E-state index is 12.6. The van der Waals surface area contributed by atoms with Gasteiger partial charge in [0.05, 0.1) is 30.1 Å². The smallest absolute Gasteiger partial charge is 0.339 e. The van der Waals surface area contributed by atoms with Crippen LogP contribution in [0.25, 0.3) is 0 Å².